The average molecular weight is 274 g/mol. The SMILES string of the molecule is Cl.N[C@H](CO)c1cccc(OC(F)(F)F)c1O. The molecule has 1 aromatic carbocycles. The number of benzene rings is 1. The minimum absolute atomic E-state index is 0. The summed E-state index contributed by atoms with van der Waals surface area (Å²) in [6.07, 6.45) is -4.89. The fraction of sp³-hybridized carbons (Fsp3) is 0.333. The minimum atomic E-state index is -4.89. The molecule has 0 spiro atoms. The number of ether oxygens (including phenoxy) is 1. The van der Waals surface area contributed by atoms with Crippen LogP contribution in [0.25, 0.3) is 0 Å². The van der Waals surface area contributed by atoms with Crippen molar-refractivity contribution in [3.8, 4) is 11.5 Å². The van der Waals surface area contributed by atoms with Crippen LogP contribution in [0, 0.1) is 0 Å². The van der Waals surface area contributed by atoms with Crippen LogP contribution in [0.4, 0.5) is 13.2 Å². The van der Waals surface area contributed by atoms with Crippen LogP contribution in [0.5, 0.6) is 11.5 Å². The second-order valence-corrected chi connectivity index (χ2v) is 3.03. The summed E-state index contributed by atoms with van der Waals surface area (Å²) in [5.41, 5.74) is 5.37. The van der Waals surface area contributed by atoms with Gasteiger partial charge in [0.25, 0.3) is 0 Å². The van der Waals surface area contributed by atoms with E-state index in [0.29, 0.717) is 0 Å². The molecule has 0 aliphatic heterocycles. The van der Waals surface area contributed by atoms with Crippen molar-refractivity contribution in [2.24, 2.45) is 5.73 Å². The summed E-state index contributed by atoms with van der Waals surface area (Å²) in [6, 6.07) is 2.54. The highest BCUT2D eigenvalue weighted by Crippen LogP contribution is 2.35. The van der Waals surface area contributed by atoms with E-state index < -0.39 is 30.5 Å². The molecule has 4 nitrogen and oxygen atoms in total. The Morgan fingerprint density at radius 3 is 2.41 bits per heavy atom. The predicted octanol–water partition coefficient (Wildman–Crippen LogP) is 1.70. The zero-order chi connectivity index (χ0) is 12.3. The normalized spacial score (nSPS) is 12.8. The molecule has 0 saturated heterocycles. The number of hydrogen-bond donors (Lipinski definition) is 3. The summed E-state index contributed by atoms with van der Waals surface area (Å²) in [4.78, 5) is 0. The molecule has 0 aliphatic rings. The average Bonchev–Trinajstić information content (AvgIpc) is 2.18. The topological polar surface area (TPSA) is 75.7 Å². The van der Waals surface area contributed by atoms with Crippen LogP contribution in [0.2, 0.25) is 0 Å². The van der Waals surface area contributed by atoms with Gasteiger partial charge in [-0.25, -0.2) is 0 Å². The second kappa shape index (κ2) is 5.95. The number of hydrogen-bond acceptors (Lipinski definition) is 4. The van der Waals surface area contributed by atoms with Crippen molar-refractivity contribution >= 4 is 12.4 Å². The molecule has 0 bridgehead atoms. The first-order valence-electron chi connectivity index (χ1n) is 4.29. The van der Waals surface area contributed by atoms with E-state index in [1.165, 1.54) is 12.1 Å². The lowest BCUT2D eigenvalue weighted by Gasteiger charge is -2.15. The number of aliphatic hydroxyl groups excluding tert-OH is 1. The molecule has 0 fully saturated rings. The quantitative estimate of drug-likeness (QED) is 0.784. The third-order valence-corrected chi connectivity index (χ3v) is 1.85. The minimum Gasteiger partial charge on any atom is -0.504 e. The van der Waals surface area contributed by atoms with Gasteiger partial charge in [-0.2, -0.15) is 0 Å². The molecule has 17 heavy (non-hydrogen) atoms. The fourth-order valence-electron chi connectivity index (χ4n) is 1.14. The van der Waals surface area contributed by atoms with Crippen molar-refractivity contribution in [2.45, 2.75) is 12.4 Å². The molecule has 0 saturated carbocycles. The van der Waals surface area contributed by atoms with Crippen LogP contribution in [-0.2, 0) is 0 Å². The van der Waals surface area contributed by atoms with Crippen LogP contribution in [-0.4, -0.2) is 23.2 Å². The lowest BCUT2D eigenvalue weighted by atomic mass is 10.1. The van der Waals surface area contributed by atoms with Crippen molar-refractivity contribution in [3.05, 3.63) is 23.8 Å². The van der Waals surface area contributed by atoms with Crippen LogP contribution >= 0.6 is 12.4 Å². The smallest absolute Gasteiger partial charge is 0.504 e. The number of alkyl halides is 3. The van der Waals surface area contributed by atoms with Gasteiger partial charge in [-0.15, -0.1) is 25.6 Å². The van der Waals surface area contributed by atoms with Gasteiger partial charge in [-0.1, -0.05) is 12.1 Å². The van der Waals surface area contributed by atoms with Gasteiger partial charge in [-0.05, 0) is 6.07 Å². The molecular weight excluding hydrogens is 263 g/mol. The maximum atomic E-state index is 11.9. The van der Waals surface area contributed by atoms with Crippen LogP contribution < -0.4 is 10.5 Å². The number of phenols is 1. The largest absolute Gasteiger partial charge is 0.573 e. The molecule has 0 amide bonds. The van der Waals surface area contributed by atoms with E-state index in [-0.39, 0.29) is 18.0 Å². The Balaban J connectivity index is 0.00000256. The van der Waals surface area contributed by atoms with Crippen molar-refractivity contribution in [3.63, 3.8) is 0 Å². The van der Waals surface area contributed by atoms with Crippen molar-refractivity contribution in [1.82, 2.24) is 0 Å². The molecule has 1 aromatic rings. The number of halogens is 4. The summed E-state index contributed by atoms with van der Waals surface area (Å²) < 4.78 is 39.3. The lowest BCUT2D eigenvalue weighted by Crippen LogP contribution is -2.19. The van der Waals surface area contributed by atoms with E-state index in [0.717, 1.165) is 6.07 Å². The van der Waals surface area contributed by atoms with Gasteiger partial charge in [-0.3, -0.25) is 0 Å². The second-order valence-electron chi connectivity index (χ2n) is 3.03. The molecule has 4 N–H and O–H groups in total. The molecule has 0 heterocycles. The van der Waals surface area contributed by atoms with Crippen molar-refractivity contribution in [1.29, 1.82) is 0 Å². The number of phenolic OH excluding ortho intramolecular Hbond substituents is 1. The van der Waals surface area contributed by atoms with Crippen LogP contribution in [0.1, 0.15) is 11.6 Å². The first-order valence-corrected chi connectivity index (χ1v) is 4.29. The van der Waals surface area contributed by atoms with Gasteiger partial charge >= 0.3 is 6.36 Å². The van der Waals surface area contributed by atoms with Crippen molar-refractivity contribution < 1.29 is 28.1 Å². The Kier molecular flexibility index (Phi) is 5.53. The zero-order valence-corrected chi connectivity index (χ0v) is 9.26. The maximum Gasteiger partial charge on any atom is 0.573 e. The van der Waals surface area contributed by atoms with Gasteiger partial charge in [0, 0.05) is 5.56 Å². The van der Waals surface area contributed by atoms with E-state index in [1.807, 2.05) is 0 Å². The molecule has 1 rings (SSSR count). The van der Waals surface area contributed by atoms with Gasteiger partial charge in [0.2, 0.25) is 0 Å². The summed E-state index contributed by atoms with van der Waals surface area (Å²) in [7, 11) is 0. The Bertz CT molecular complexity index is 373. The number of aromatic hydroxyl groups is 1. The molecule has 0 radical (unpaired) electrons. The van der Waals surface area contributed by atoms with Gasteiger partial charge in [0.05, 0.1) is 12.6 Å². The molecule has 98 valence electrons. The van der Waals surface area contributed by atoms with E-state index in [4.69, 9.17) is 10.8 Å². The van der Waals surface area contributed by atoms with E-state index >= 15 is 0 Å². The number of nitrogens with two attached hydrogens (primary N) is 1. The third kappa shape index (κ3) is 4.29. The first kappa shape index (κ1) is 15.8. The Morgan fingerprint density at radius 2 is 1.94 bits per heavy atom. The summed E-state index contributed by atoms with van der Waals surface area (Å²) in [6.45, 7) is -0.497. The molecule has 0 aliphatic carbocycles. The van der Waals surface area contributed by atoms with Gasteiger partial charge < -0.3 is 20.7 Å². The summed E-state index contributed by atoms with van der Waals surface area (Å²) in [5, 5.41) is 18.2. The zero-order valence-electron chi connectivity index (χ0n) is 8.44. The highest BCUT2D eigenvalue weighted by molar-refractivity contribution is 5.85. The lowest BCUT2D eigenvalue weighted by molar-refractivity contribution is -0.275. The Hall–Kier alpha value is -1.18. The molecule has 0 aromatic heterocycles. The summed E-state index contributed by atoms with van der Waals surface area (Å²) in [5.74, 6) is -1.46. The molecular formula is C9H11ClF3NO3. The Labute approximate surface area is 101 Å². The molecule has 0 unspecified atom stereocenters. The van der Waals surface area contributed by atoms with E-state index in [1.54, 1.807) is 0 Å². The summed E-state index contributed by atoms with van der Waals surface area (Å²) >= 11 is 0. The highest BCUT2D eigenvalue weighted by Gasteiger charge is 2.32. The Morgan fingerprint density at radius 1 is 1.35 bits per heavy atom. The fourth-order valence-corrected chi connectivity index (χ4v) is 1.14. The highest BCUT2D eigenvalue weighted by atomic mass is 35.5. The standard InChI is InChI=1S/C9H10F3NO3.ClH/c10-9(11,12)16-7-3-1-2-5(8(7)15)6(13)4-14;/h1-3,6,14-15H,4,13H2;1H/t6-;/m1./s1. The van der Waals surface area contributed by atoms with E-state index in [2.05, 4.69) is 4.74 Å². The maximum absolute atomic E-state index is 11.9. The molecule has 8 heteroatoms. The van der Waals surface area contributed by atoms with Crippen LogP contribution in [0.15, 0.2) is 18.2 Å². The first-order chi connectivity index (χ1) is 7.35. The van der Waals surface area contributed by atoms with Gasteiger partial charge in [0.15, 0.2) is 11.5 Å². The van der Waals surface area contributed by atoms with Crippen molar-refractivity contribution in [2.75, 3.05) is 6.61 Å². The van der Waals surface area contributed by atoms with Gasteiger partial charge in [0.1, 0.15) is 0 Å². The number of aliphatic hydroxyl groups is 1. The molecule has 1 atom stereocenters. The van der Waals surface area contributed by atoms with Crippen LogP contribution in [0.3, 0.4) is 0 Å². The monoisotopic (exact) mass is 273 g/mol. The number of para-hydroxylation sites is 1. The third-order valence-electron chi connectivity index (χ3n) is 1.85. The number of rotatable bonds is 3. The predicted molar refractivity (Wildman–Crippen MR) is 56.1 cm³/mol. The van der Waals surface area contributed by atoms with E-state index in [9.17, 15) is 18.3 Å².